The van der Waals surface area contributed by atoms with Gasteiger partial charge >= 0.3 is 0 Å². The molecule has 1 aliphatic rings. The molecule has 0 spiro atoms. The smallest absolute Gasteiger partial charge is 0.186 e. The van der Waals surface area contributed by atoms with Crippen molar-refractivity contribution in [2.75, 3.05) is 13.7 Å². The van der Waals surface area contributed by atoms with Crippen LogP contribution < -0.4 is 0 Å². The van der Waals surface area contributed by atoms with Crippen molar-refractivity contribution in [1.82, 2.24) is 0 Å². The van der Waals surface area contributed by atoms with E-state index >= 15 is 0 Å². The molecule has 3 N–H and O–H groups in total. The molecule has 5 atom stereocenters. The number of hydrogen-bond donors (Lipinski definition) is 3. The summed E-state index contributed by atoms with van der Waals surface area (Å²) in [7, 11) is 1.36. The van der Waals surface area contributed by atoms with Crippen molar-refractivity contribution in [1.29, 1.82) is 0 Å². The van der Waals surface area contributed by atoms with Gasteiger partial charge in [0.15, 0.2) is 6.29 Å². The Kier molecular flexibility index (Phi) is 5.47. The lowest BCUT2D eigenvalue weighted by atomic mass is 9.99. The molecule has 1 fully saturated rings. The quantitative estimate of drug-likeness (QED) is 0.685. The van der Waals surface area contributed by atoms with E-state index in [2.05, 4.69) is 0 Å². The lowest BCUT2D eigenvalue weighted by Gasteiger charge is -2.41. The Morgan fingerprint density at radius 2 is 1.85 bits per heavy atom. The number of methoxy groups -OCH3 is 1. The maximum absolute atomic E-state index is 10.1. The Morgan fingerprint density at radius 3 is 2.45 bits per heavy atom. The van der Waals surface area contributed by atoms with E-state index in [0.29, 0.717) is 0 Å². The van der Waals surface area contributed by atoms with Crippen LogP contribution in [0.25, 0.3) is 0 Å². The highest BCUT2D eigenvalue weighted by atomic mass is 16.7. The Hall–Kier alpha value is -1.02. The lowest BCUT2D eigenvalue weighted by Crippen LogP contribution is -2.59. The fraction of sp³-hybridized carbons (Fsp3) is 0.571. The predicted octanol–water partition coefficient (Wildman–Crippen LogP) is -0.343. The Morgan fingerprint density at radius 1 is 1.15 bits per heavy atom. The molecular formula is C14H20O6. The van der Waals surface area contributed by atoms with E-state index in [9.17, 15) is 15.3 Å². The summed E-state index contributed by atoms with van der Waals surface area (Å²) in [5.41, 5.74) is 0.930. The summed E-state index contributed by atoms with van der Waals surface area (Å²) in [6.45, 7) is -0.0735. The SMILES string of the molecule is CO[C@@H]1O[C@@H](CO)[C@H](OCc2ccccc2)[C@H](O)[C@@H]1O. The van der Waals surface area contributed by atoms with Gasteiger partial charge in [-0.1, -0.05) is 30.3 Å². The van der Waals surface area contributed by atoms with Crippen LogP contribution in [0.2, 0.25) is 0 Å². The predicted molar refractivity (Wildman–Crippen MR) is 69.8 cm³/mol. The molecule has 1 aromatic rings. The monoisotopic (exact) mass is 284 g/mol. The first-order valence-corrected chi connectivity index (χ1v) is 6.48. The largest absolute Gasteiger partial charge is 0.394 e. The minimum atomic E-state index is -1.22. The van der Waals surface area contributed by atoms with Gasteiger partial charge in [-0.2, -0.15) is 0 Å². The van der Waals surface area contributed by atoms with Crippen LogP contribution in [-0.2, 0) is 20.8 Å². The molecule has 1 heterocycles. The highest BCUT2D eigenvalue weighted by Crippen LogP contribution is 2.24. The van der Waals surface area contributed by atoms with Crippen molar-refractivity contribution in [2.45, 2.75) is 37.3 Å². The summed E-state index contributed by atoms with van der Waals surface area (Å²) < 4.78 is 15.9. The minimum absolute atomic E-state index is 0.257. The van der Waals surface area contributed by atoms with Crippen LogP contribution in [0.4, 0.5) is 0 Å². The molecule has 0 unspecified atom stereocenters. The normalized spacial score (nSPS) is 34.1. The zero-order chi connectivity index (χ0) is 14.5. The van der Waals surface area contributed by atoms with Crippen molar-refractivity contribution >= 4 is 0 Å². The van der Waals surface area contributed by atoms with E-state index in [1.165, 1.54) is 7.11 Å². The van der Waals surface area contributed by atoms with Gasteiger partial charge in [0.25, 0.3) is 0 Å². The molecule has 0 radical (unpaired) electrons. The first-order valence-electron chi connectivity index (χ1n) is 6.48. The maximum atomic E-state index is 10.1. The van der Waals surface area contributed by atoms with Crippen molar-refractivity contribution in [3.63, 3.8) is 0 Å². The Bertz CT molecular complexity index is 396. The number of rotatable bonds is 5. The number of aliphatic hydroxyl groups is 3. The highest BCUT2D eigenvalue weighted by molar-refractivity contribution is 5.13. The van der Waals surface area contributed by atoms with Crippen LogP contribution in [0.3, 0.4) is 0 Å². The molecule has 6 heteroatoms. The molecule has 6 nitrogen and oxygen atoms in total. The Balaban J connectivity index is 2.01. The van der Waals surface area contributed by atoms with Gasteiger partial charge in [-0.25, -0.2) is 0 Å². The third-order valence-electron chi connectivity index (χ3n) is 3.34. The third-order valence-corrected chi connectivity index (χ3v) is 3.34. The average molecular weight is 284 g/mol. The van der Waals surface area contributed by atoms with Gasteiger partial charge in [0.1, 0.15) is 24.4 Å². The molecule has 0 amide bonds. The minimum Gasteiger partial charge on any atom is -0.394 e. The second-order valence-electron chi connectivity index (χ2n) is 4.70. The van der Waals surface area contributed by atoms with Crippen LogP contribution >= 0.6 is 0 Å². The second-order valence-corrected chi connectivity index (χ2v) is 4.70. The summed E-state index contributed by atoms with van der Waals surface area (Å²) in [5.74, 6) is 0. The highest BCUT2D eigenvalue weighted by Gasteiger charge is 2.45. The molecule has 0 saturated carbocycles. The molecule has 112 valence electrons. The molecule has 2 rings (SSSR count). The van der Waals surface area contributed by atoms with Gasteiger partial charge in [-0.3, -0.25) is 0 Å². The molecule has 1 saturated heterocycles. The van der Waals surface area contributed by atoms with E-state index < -0.39 is 30.7 Å². The number of hydrogen-bond acceptors (Lipinski definition) is 6. The van der Waals surface area contributed by atoms with Crippen molar-refractivity contribution in [2.24, 2.45) is 0 Å². The van der Waals surface area contributed by atoms with Crippen LogP contribution in [0.5, 0.6) is 0 Å². The van der Waals surface area contributed by atoms with Crippen molar-refractivity contribution < 1.29 is 29.5 Å². The zero-order valence-corrected chi connectivity index (χ0v) is 11.3. The van der Waals surface area contributed by atoms with Gasteiger partial charge in [0.05, 0.1) is 13.2 Å². The molecule has 0 aromatic heterocycles. The van der Waals surface area contributed by atoms with Gasteiger partial charge in [-0.05, 0) is 5.56 Å². The molecule has 20 heavy (non-hydrogen) atoms. The van der Waals surface area contributed by atoms with Crippen LogP contribution in [-0.4, -0.2) is 59.7 Å². The maximum Gasteiger partial charge on any atom is 0.186 e. The van der Waals surface area contributed by atoms with Crippen LogP contribution in [0, 0.1) is 0 Å². The first kappa shape index (κ1) is 15.4. The Labute approximate surface area is 117 Å². The molecule has 1 aromatic carbocycles. The van der Waals surface area contributed by atoms with Gasteiger partial charge in [0, 0.05) is 7.11 Å². The van der Waals surface area contributed by atoms with E-state index in [1.807, 2.05) is 30.3 Å². The van der Waals surface area contributed by atoms with Gasteiger partial charge in [0.2, 0.25) is 0 Å². The summed E-state index contributed by atoms with van der Waals surface area (Å²) >= 11 is 0. The zero-order valence-electron chi connectivity index (χ0n) is 11.3. The lowest BCUT2D eigenvalue weighted by molar-refractivity contribution is -0.302. The summed E-state index contributed by atoms with van der Waals surface area (Å²) in [6.07, 6.45) is -4.94. The van der Waals surface area contributed by atoms with Crippen molar-refractivity contribution in [3.8, 4) is 0 Å². The summed E-state index contributed by atoms with van der Waals surface area (Å²) in [6, 6.07) is 9.43. The summed E-state index contributed by atoms with van der Waals surface area (Å²) in [4.78, 5) is 0. The van der Waals surface area contributed by atoms with Gasteiger partial charge in [-0.15, -0.1) is 0 Å². The molecule has 1 aliphatic heterocycles. The van der Waals surface area contributed by atoms with E-state index in [4.69, 9.17) is 14.2 Å². The molecular weight excluding hydrogens is 264 g/mol. The second kappa shape index (κ2) is 7.12. The summed E-state index contributed by atoms with van der Waals surface area (Å²) in [5, 5.41) is 29.3. The van der Waals surface area contributed by atoms with Crippen LogP contribution in [0.15, 0.2) is 30.3 Å². The standard InChI is InChI=1S/C14H20O6/c1-18-14-12(17)11(16)13(10(7-15)20-14)19-8-9-5-3-2-4-6-9/h2-6,10-17H,7-8H2,1H3/t10-,11+,12-,13-,14+/m0/s1. The van der Waals surface area contributed by atoms with E-state index in [0.717, 1.165) is 5.56 Å². The fourth-order valence-electron chi connectivity index (χ4n) is 2.22. The van der Waals surface area contributed by atoms with Crippen LogP contribution in [0.1, 0.15) is 5.56 Å². The number of ether oxygens (including phenoxy) is 3. The third kappa shape index (κ3) is 3.35. The van der Waals surface area contributed by atoms with E-state index in [-0.39, 0.29) is 13.2 Å². The van der Waals surface area contributed by atoms with E-state index in [1.54, 1.807) is 0 Å². The average Bonchev–Trinajstić information content (AvgIpc) is 2.49. The first-order chi connectivity index (χ1) is 9.67. The number of aliphatic hydroxyl groups excluding tert-OH is 3. The molecule has 0 bridgehead atoms. The fourth-order valence-corrected chi connectivity index (χ4v) is 2.22. The topological polar surface area (TPSA) is 88.4 Å². The molecule has 0 aliphatic carbocycles. The number of benzene rings is 1. The van der Waals surface area contributed by atoms with Gasteiger partial charge < -0.3 is 29.5 Å². The van der Waals surface area contributed by atoms with Crippen molar-refractivity contribution in [3.05, 3.63) is 35.9 Å².